The zero-order valence-electron chi connectivity index (χ0n) is 13.5. The minimum absolute atomic E-state index is 0.0887. The molecule has 0 saturated carbocycles. The van der Waals surface area contributed by atoms with Crippen LogP contribution in [0.5, 0.6) is 5.75 Å². The summed E-state index contributed by atoms with van der Waals surface area (Å²) >= 11 is 0. The summed E-state index contributed by atoms with van der Waals surface area (Å²) in [7, 11) is -4.49. The van der Waals surface area contributed by atoms with Crippen molar-refractivity contribution in [2.75, 3.05) is 5.32 Å². The third-order valence-electron chi connectivity index (χ3n) is 3.83. The number of aromatic hydroxyl groups is 1. The first-order chi connectivity index (χ1) is 12.7. The molecule has 9 nitrogen and oxygen atoms in total. The maximum atomic E-state index is 12.3. The second kappa shape index (κ2) is 6.67. The van der Waals surface area contributed by atoms with Crippen molar-refractivity contribution < 1.29 is 27.8 Å². The molecule has 3 aromatic rings. The van der Waals surface area contributed by atoms with Crippen LogP contribution in [0, 0.1) is 10.1 Å². The van der Waals surface area contributed by atoms with Crippen molar-refractivity contribution in [3.63, 3.8) is 0 Å². The summed E-state index contributed by atoms with van der Waals surface area (Å²) in [5.74, 6) is -0.779. The van der Waals surface area contributed by atoms with Crippen molar-refractivity contribution in [2.24, 2.45) is 0 Å². The molecule has 0 aliphatic carbocycles. The Bertz CT molecular complexity index is 1170. The van der Waals surface area contributed by atoms with Crippen LogP contribution < -0.4 is 5.32 Å². The number of carbonyl (C=O) groups is 1. The smallest absolute Gasteiger partial charge is 0.295 e. The molecule has 0 unspecified atom stereocenters. The van der Waals surface area contributed by atoms with Gasteiger partial charge in [-0.15, -0.1) is 0 Å². The number of nitro benzene ring substituents is 1. The Labute approximate surface area is 152 Å². The molecule has 3 aromatic carbocycles. The van der Waals surface area contributed by atoms with Gasteiger partial charge in [-0.1, -0.05) is 6.07 Å². The van der Waals surface area contributed by atoms with Crippen molar-refractivity contribution in [1.82, 2.24) is 0 Å². The molecule has 27 heavy (non-hydrogen) atoms. The molecule has 138 valence electrons. The lowest BCUT2D eigenvalue weighted by molar-refractivity contribution is -0.384. The van der Waals surface area contributed by atoms with E-state index in [1.165, 1.54) is 42.5 Å². The van der Waals surface area contributed by atoms with E-state index in [0.29, 0.717) is 0 Å². The van der Waals surface area contributed by atoms with Crippen LogP contribution in [-0.4, -0.2) is 28.9 Å². The first kappa shape index (κ1) is 18.3. The second-order valence-electron chi connectivity index (χ2n) is 5.58. The average Bonchev–Trinajstić information content (AvgIpc) is 2.61. The van der Waals surface area contributed by atoms with Gasteiger partial charge in [0.05, 0.1) is 4.92 Å². The summed E-state index contributed by atoms with van der Waals surface area (Å²) in [6.07, 6.45) is 0. The summed E-state index contributed by atoms with van der Waals surface area (Å²) in [4.78, 5) is 22.0. The number of phenolic OH excluding ortho intramolecular Hbond substituents is 1. The third kappa shape index (κ3) is 3.71. The largest absolute Gasteiger partial charge is 0.507 e. The second-order valence-corrected chi connectivity index (χ2v) is 6.97. The van der Waals surface area contributed by atoms with Gasteiger partial charge in [-0.2, -0.15) is 8.42 Å². The first-order valence-corrected chi connectivity index (χ1v) is 8.90. The van der Waals surface area contributed by atoms with Gasteiger partial charge >= 0.3 is 0 Å². The predicted octanol–water partition coefficient (Wildman–Crippen LogP) is 2.95. The van der Waals surface area contributed by atoms with Gasteiger partial charge in [-0.25, -0.2) is 0 Å². The van der Waals surface area contributed by atoms with Gasteiger partial charge in [0, 0.05) is 34.2 Å². The Morgan fingerprint density at radius 2 is 1.67 bits per heavy atom. The molecule has 0 atom stereocenters. The zero-order valence-corrected chi connectivity index (χ0v) is 14.3. The van der Waals surface area contributed by atoms with E-state index in [4.69, 9.17) is 0 Å². The van der Waals surface area contributed by atoms with Crippen molar-refractivity contribution in [3.8, 4) is 5.75 Å². The molecule has 0 saturated heterocycles. The van der Waals surface area contributed by atoms with Gasteiger partial charge in [0.1, 0.15) is 10.6 Å². The van der Waals surface area contributed by atoms with E-state index in [9.17, 15) is 33.0 Å². The fourth-order valence-corrected chi connectivity index (χ4v) is 3.24. The number of nitrogens with zero attached hydrogens (tertiary/aromatic N) is 1. The molecule has 1 amide bonds. The summed E-state index contributed by atoms with van der Waals surface area (Å²) in [6, 6.07) is 11.3. The Morgan fingerprint density at radius 3 is 2.26 bits per heavy atom. The van der Waals surface area contributed by atoms with E-state index in [0.717, 1.165) is 12.1 Å². The summed E-state index contributed by atoms with van der Waals surface area (Å²) in [5.41, 5.74) is 0.283. The zero-order chi connectivity index (χ0) is 19.8. The fourth-order valence-electron chi connectivity index (χ4n) is 2.55. The number of benzene rings is 3. The Morgan fingerprint density at radius 1 is 1.00 bits per heavy atom. The van der Waals surface area contributed by atoms with Crippen LogP contribution in [0.4, 0.5) is 11.4 Å². The number of hydrogen-bond acceptors (Lipinski definition) is 6. The highest BCUT2D eigenvalue weighted by Gasteiger charge is 2.17. The van der Waals surface area contributed by atoms with Crippen LogP contribution in [0.1, 0.15) is 10.4 Å². The minimum Gasteiger partial charge on any atom is -0.507 e. The molecule has 10 heteroatoms. The summed E-state index contributed by atoms with van der Waals surface area (Å²) in [6.45, 7) is 0. The molecule has 0 heterocycles. The maximum Gasteiger partial charge on any atom is 0.295 e. The maximum absolute atomic E-state index is 12.3. The number of non-ortho nitro benzene ring substituents is 1. The topological polar surface area (TPSA) is 147 Å². The molecule has 0 fully saturated rings. The predicted molar refractivity (Wildman–Crippen MR) is 96.5 cm³/mol. The van der Waals surface area contributed by atoms with E-state index in [2.05, 4.69) is 5.32 Å². The number of nitrogens with one attached hydrogen (secondary N) is 1. The van der Waals surface area contributed by atoms with Crippen molar-refractivity contribution in [1.29, 1.82) is 0 Å². The van der Waals surface area contributed by atoms with Gasteiger partial charge in [0.25, 0.3) is 21.7 Å². The number of anilines is 1. The van der Waals surface area contributed by atoms with E-state index >= 15 is 0 Å². The van der Waals surface area contributed by atoms with Crippen LogP contribution in [0.25, 0.3) is 10.8 Å². The number of fused-ring (bicyclic) bond motifs is 1. The molecule has 0 aliphatic rings. The third-order valence-corrected chi connectivity index (χ3v) is 4.74. The number of amides is 1. The van der Waals surface area contributed by atoms with Gasteiger partial charge < -0.3 is 10.4 Å². The Hall–Kier alpha value is -3.50. The van der Waals surface area contributed by atoms with Crippen LogP contribution in [-0.2, 0) is 10.1 Å². The fraction of sp³-hybridized carbons (Fsp3) is 0. The van der Waals surface area contributed by atoms with Crippen molar-refractivity contribution in [2.45, 2.75) is 4.90 Å². The van der Waals surface area contributed by atoms with Gasteiger partial charge in [-0.05, 0) is 36.4 Å². The average molecular weight is 388 g/mol. The monoisotopic (exact) mass is 388 g/mol. The number of rotatable bonds is 4. The van der Waals surface area contributed by atoms with Crippen LogP contribution >= 0.6 is 0 Å². The Balaban J connectivity index is 1.95. The first-order valence-electron chi connectivity index (χ1n) is 7.46. The summed E-state index contributed by atoms with van der Waals surface area (Å²) in [5, 5.41) is 23.4. The highest BCUT2D eigenvalue weighted by molar-refractivity contribution is 7.86. The van der Waals surface area contributed by atoms with E-state index < -0.39 is 20.9 Å². The molecule has 0 spiro atoms. The number of carbonyl (C=O) groups excluding carboxylic acids is 1. The lowest BCUT2D eigenvalue weighted by atomic mass is 10.1. The van der Waals surface area contributed by atoms with E-state index in [-0.39, 0.29) is 38.4 Å². The van der Waals surface area contributed by atoms with Gasteiger partial charge in [-0.3, -0.25) is 19.5 Å². The van der Waals surface area contributed by atoms with Crippen LogP contribution in [0.15, 0.2) is 59.5 Å². The quantitative estimate of drug-likeness (QED) is 0.354. The number of phenols is 1. The molecule has 0 aromatic heterocycles. The molecule has 3 rings (SSSR count). The van der Waals surface area contributed by atoms with Gasteiger partial charge in [0.15, 0.2) is 0 Å². The van der Waals surface area contributed by atoms with Crippen molar-refractivity contribution in [3.05, 3.63) is 70.3 Å². The molecule has 0 aliphatic heterocycles. The number of nitro groups is 1. The lowest BCUT2D eigenvalue weighted by Crippen LogP contribution is -2.11. The van der Waals surface area contributed by atoms with Gasteiger partial charge in [0.2, 0.25) is 0 Å². The molecule has 0 radical (unpaired) electrons. The van der Waals surface area contributed by atoms with Crippen LogP contribution in [0.3, 0.4) is 0 Å². The normalized spacial score (nSPS) is 11.3. The SMILES string of the molecule is O=C(Nc1ccc2c(S(=O)(=O)O)ccc(O)c2c1)c1ccc([N+](=O)[O-])cc1. The van der Waals surface area contributed by atoms with E-state index in [1.54, 1.807) is 0 Å². The molecular weight excluding hydrogens is 376 g/mol. The minimum atomic E-state index is -4.49. The summed E-state index contributed by atoms with van der Waals surface area (Å²) < 4.78 is 32.2. The molecule has 0 bridgehead atoms. The highest BCUT2D eigenvalue weighted by Crippen LogP contribution is 2.32. The molecular formula is C17H12N2O7S. The Kier molecular flexibility index (Phi) is 4.52. The standard InChI is InChI=1S/C17H12N2O7S/c20-15-7-8-16(27(24,25)26)13-6-3-11(9-14(13)15)18-17(21)10-1-4-12(5-2-10)19(22)23/h1-9,20H,(H,18,21)(H,24,25,26). The molecule has 3 N–H and O–H groups in total. The lowest BCUT2D eigenvalue weighted by Gasteiger charge is -2.10. The van der Waals surface area contributed by atoms with Crippen LogP contribution in [0.2, 0.25) is 0 Å². The highest BCUT2D eigenvalue weighted by atomic mass is 32.2. The van der Waals surface area contributed by atoms with E-state index in [1.807, 2.05) is 0 Å². The number of hydrogen-bond donors (Lipinski definition) is 3. The van der Waals surface area contributed by atoms with Crippen molar-refractivity contribution >= 4 is 38.2 Å².